The first-order valence-corrected chi connectivity index (χ1v) is 8.75. The molecule has 2 N–H and O–H groups in total. The van der Waals surface area contributed by atoms with Gasteiger partial charge in [-0.2, -0.15) is 5.26 Å². The molecular formula is C13H9ClN4O2S2. The molecule has 112 valence electrons. The SMILES string of the molecule is Cc1ccc(NS(=O)(=O)c2cnc(Cl)s2)c2[nH]cc(C#N)c12. The number of aromatic amines is 1. The van der Waals surface area contributed by atoms with Gasteiger partial charge in [-0.15, -0.1) is 0 Å². The summed E-state index contributed by atoms with van der Waals surface area (Å²) in [7, 11) is -3.78. The van der Waals surface area contributed by atoms with Crippen molar-refractivity contribution < 1.29 is 8.42 Å². The number of halogens is 1. The average molecular weight is 353 g/mol. The Morgan fingerprint density at radius 3 is 2.86 bits per heavy atom. The van der Waals surface area contributed by atoms with Gasteiger partial charge < -0.3 is 4.98 Å². The predicted molar refractivity (Wildman–Crippen MR) is 85.7 cm³/mol. The van der Waals surface area contributed by atoms with Crippen LogP contribution >= 0.6 is 22.9 Å². The molecule has 22 heavy (non-hydrogen) atoms. The van der Waals surface area contributed by atoms with E-state index < -0.39 is 10.0 Å². The lowest BCUT2D eigenvalue weighted by atomic mass is 10.1. The number of anilines is 1. The van der Waals surface area contributed by atoms with E-state index in [9.17, 15) is 8.42 Å². The van der Waals surface area contributed by atoms with Crippen molar-refractivity contribution in [2.45, 2.75) is 11.1 Å². The maximum atomic E-state index is 12.3. The van der Waals surface area contributed by atoms with Crippen molar-refractivity contribution in [3.8, 4) is 6.07 Å². The second-order valence-corrected chi connectivity index (χ2v) is 8.05. The van der Waals surface area contributed by atoms with Gasteiger partial charge >= 0.3 is 0 Å². The van der Waals surface area contributed by atoms with Crippen molar-refractivity contribution in [1.29, 1.82) is 5.26 Å². The number of aromatic nitrogens is 2. The van der Waals surface area contributed by atoms with Crippen LogP contribution in [-0.4, -0.2) is 18.4 Å². The standard InChI is InChI=1S/C13H9ClN4O2S2/c1-7-2-3-9(12-11(7)8(4-15)5-16-12)18-22(19,20)10-6-17-13(14)21-10/h2-3,5-6,16,18H,1H3. The minimum absolute atomic E-state index is 0.0262. The first-order valence-electron chi connectivity index (χ1n) is 6.07. The Bertz CT molecular complexity index is 1010. The molecule has 3 rings (SSSR count). The Balaban J connectivity index is 2.11. The summed E-state index contributed by atoms with van der Waals surface area (Å²) >= 11 is 6.55. The van der Waals surface area contributed by atoms with E-state index in [1.165, 1.54) is 6.20 Å². The molecule has 0 radical (unpaired) electrons. The zero-order valence-corrected chi connectivity index (χ0v) is 13.6. The molecule has 0 fully saturated rings. The average Bonchev–Trinajstić information content (AvgIpc) is 3.08. The summed E-state index contributed by atoms with van der Waals surface area (Å²) in [4.78, 5) is 6.67. The molecule has 0 unspecified atom stereocenters. The van der Waals surface area contributed by atoms with Crippen LogP contribution in [0.5, 0.6) is 0 Å². The number of aryl methyl sites for hydroxylation is 1. The van der Waals surface area contributed by atoms with Crippen LogP contribution in [0.25, 0.3) is 10.9 Å². The number of nitriles is 1. The molecule has 0 atom stereocenters. The highest BCUT2D eigenvalue weighted by molar-refractivity contribution is 7.94. The third-order valence-electron chi connectivity index (χ3n) is 3.13. The Hall–Kier alpha value is -2.08. The lowest BCUT2D eigenvalue weighted by Crippen LogP contribution is -2.11. The Kier molecular flexibility index (Phi) is 3.56. The lowest BCUT2D eigenvalue weighted by molar-refractivity contribution is 0.603. The Morgan fingerprint density at radius 1 is 1.45 bits per heavy atom. The zero-order chi connectivity index (χ0) is 15.9. The smallest absolute Gasteiger partial charge is 0.273 e. The number of benzene rings is 1. The van der Waals surface area contributed by atoms with Crippen molar-refractivity contribution in [3.05, 3.63) is 40.1 Å². The van der Waals surface area contributed by atoms with E-state index in [2.05, 4.69) is 20.8 Å². The molecule has 3 aromatic rings. The summed E-state index contributed by atoms with van der Waals surface area (Å²) in [5, 5.41) is 9.82. The minimum Gasteiger partial charge on any atom is -0.358 e. The highest BCUT2D eigenvalue weighted by Crippen LogP contribution is 2.31. The topological polar surface area (TPSA) is 98.6 Å². The van der Waals surface area contributed by atoms with Crippen LogP contribution in [0.1, 0.15) is 11.1 Å². The second-order valence-electron chi connectivity index (χ2n) is 4.53. The van der Waals surface area contributed by atoms with Gasteiger partial charge in [-0.05, 0) is 18.6 Å². The number of nitrogens with one attached hydrogen (secondary N) is 2. The number of fused-ring (bicyclic) bond motifs is 1. The molecule has 0 amide bonds. The Labute approximate surface area is 135 Å². The first-order chi connectivity index (χ1) is 10.4. The molecule has 0 spiro atoms. The molecular weight excluding hydrogens is 344 g/mol. The third-order valence-corrected chi connectivity index (χ3v) is 6.07. The molecule has 0 aliphatic rings. The van der Waals surface area contributed by atoms with E-state index in [4.69, 9.17) is 16.9 Å². The quantitative estimate of drug-likeness (QED) is 0.755. The number of nitrogens with zero attached hydrogens (tertiary/aromatic N) is 2. The van der Waals surface area contributed by atoms with Gasteiger partial charge in [0.05, 0.1) is 23.0 Å². The van der Waals surface area contributed by atoms with Gasteiger partial charge in [0, 0.05) is 11.6 Å². The van der Waals surface area contributed by atoms with Crippen LogP contribution in [0.4, 0.5) is 5.69 Å². The second kappa shape index (κ2) is 5.28. The minimum atomic E-state index is -3.78. The van der Waals surface area contributed by atoms with Gasteiger partial charge in [-0.1, -0.05) is 29.0 Å². The highest BCUT2D eigenvalue weighted by atomic mass is 35.5. The normalized spacial score (nSPS) is 11.5. The van der Waals surface area contributed by atoms with Crippen molar-refractivity contribution in [2.24, 2.45) is 0 Å². The maximum absolute atomic E-state index is 12.3. The summed E-state index contributed by atoms with van der Waals surface area (Å²) in [6, 6.07) is 5.49. The van der Waals surface area contributed by atoms with Crippen LogP contribution in [0.15, 0.2) is 28.7 Å². The number of H-pyrrole nitrogens is 1. The van der Waals surface area contributed by atoms with Gasteiger partial charge in [-0.3, -0.25) is 4.72 Å². The van der Waals surface area contributed by atoms with E-state index in [1.54, 1.807) is 18.3 Å². The van der Waals surface area contributed by atoms with E-state index in [1.807, 2.05) is 6.92 Å². The molecule has 6 nitrogen and oxygen atoms in total. The molecule has 0 saturated heterocycles. The number of sulfonamides is 1. The molecule has 0 aliphatic carbocycles. The van der Waals surface area contributed by atoms with Crippen molar-refractivity contribution in [2.75, 3.05) is 4.72 Å². The zero-order valence-electron chi connectivity index (χ0n) is 11.2. The van der Waals surface area contributed by atoms with E-state index in [-0.39, 0.29) is 8.68 Å². The van der Waals surface area contributed by atoms with Crippen LogP contribution in [-0.2, 0) is 10.0 Å². The summed E-state index contributed by atoms with van der Waals surface area (Å²) in [6.07, 6.45) is 2.76. The fourth-order valence-corrected chi connectivity index (χ4v) is 4.52. The van der Waals surface area contributed by atoms with Crippen LogP contribution in [0, 0.1) is 18.3 Å². The summed E-state index contributed by atoms with van der Waals surface area (Å²) in [5.41, 5.74) is 2.29. The summed E-state index contributed by atoms with van der Waals surface area (Å²) in [6.45, 7) is 1.86. The van der Waals surface area contributed by atoms with Gasteiger partial charge in [-0.25, -0.2) is 13.4 Å². The number of hydrogen-bond donors (Lipinski definition) is 2. The van der Waals surface area contributed by atoms with E-state index in [0.29, 0.717) is 22.2 Å². The molecule has 2 heterocycles. The molecule has 9 heteroatoms. The highest BCUT2D eigenvalue weighted by Gasteiger charge is 2.20. The monoisotopic (exact) mass is 352 g/mol. The maximum Gasteiger partial charge on any atom is 0.273 e. The van der Waals surface area contributed by atoms with Crippen LogP contribution < -0.4 is 4.72 Å². The number of thiazole rings is 1. The van der Waals surface area contributed by atoms with Crippen LogP contribution in [0.2, 0.25) is 4.47 Å². The predicted octanol–water partition coefficient (Wildman–Crippen LogP) is 3.26. The number of hydrogen-bond acceptors (Lipinski definition) is 5. The largest absolute Gasteiger partial charge is 0.358 e. The third kappa shape index (κ3) is 2.43. The molecule has 0 aliphatic heterocycles. The van der Waals surface area contributed by atoms with E-state index >= 15 is 0 Å². The Morgan fingerprint density at radius 2 is 2.23 bits per heavy atom. The molecule has 0 bridgehead atoms. The van der Waals surface area contributed by atoms with Gasteiger partial charge in [0.15, 0.2) is 8.68 Å². The van der Waals surface area contributed by atoms with Gasteiger partial charge in [0.1, 0.15) is 6.07 Å². The first kappa shape index (κ1) is 14.8. The number of rotatable bonds is 3. The molecule has 1 aromatic carbocycles. The van der Waals surface area contributed by atoms with Gasteiger partial charge in [0.2, 0.25) is 0 Å². The summed E-state index contributed by atoms with van der Waals surface area (Å²) in [5.74, 6) is 0. The molecule has 0 saturated carbocycles. The van der Waals surface area contributed by atoms with Crippen molar-refractivity contribution >= 4 is 49.6 Å². The van der Waals surface area contributed by atoms with E-state index in [0.717, 1.165) is 16.9 Å². The fourth-order valence-electron chi connectivity index (χ4n) is 2.15. The lowest BCUT2D eigenvalue weighted by Gasteiger charge is -2.08. The fraction of sp³-hybridized carbons (Fsp3) is 0.0769. The summed E-state index contributed by atoms with van der Waals surface area (Å²) < 4.78 is 27.4. The molecule has 2 aromatic heterocycles. The van der Waals surface area contributed by atoms with Gasteiger partial charge in [0.25, 0.3) is 10.0 Å². The van der Waals surface area contributed by atoms with Crippen LogP contribution in [0.3, 0.4) is 0 Å². The van der Waals surface area contributed by atoms with Crippen molar-refractivity contribution in [3.63, 3.8) is 0 Å². The van der Waals surface area contributed by atoms with Crippen molar-refractivity contribution in [1.82, 2.24) is 9.97 Å².